The van der Waals surface area contributed by atoms with Crippen LogP contribution in [0.5, 0.6) is 0 Å². The number of hydrogen-bond acceptors (Lipinski definition) is 3. The molecule has 0 aliphatic carbocycles. The van der Waals surface area contributed by atoms with Gasteiger partial charge in [0.1, 0.15) is 4.88 Å². The van der Waals surface area contributed by atoms with E-state index in [-0.39, 0.29) is 11.9 Å². The number of nitrogens with zero attached hydrogens (tertiary/aromatic N) is 1. The molecule has 0 aromatic carbocycles. The molecular weight excluding hydrogens is 196 g/mol. The number of aromatic nitrogens is 1. The number of aryl methyl sites for hydroxylation is 2. The van der Waals surface area contributed by atoms with Crippen molar-refractivity contribution in [3.63, 3.8) is 0 Å². The van der Waals surface area contributed by atoms with Crippen molar-refractivity contribution < 1.29 is 4.79 Å². The van der Waals surface area contributed by atoms with E-state index in [1.165, 1.54) is 11.3 Å². The molecule has 1 atom stereocenters. The van der Waals surface area contributed by atoms with Gasteiger partial charge in [0.2, 0.25) is 0 Å². The number of carbonyl (C=O) groups excluding carboxylic acids is 1. The lowest BCUT2D eigenvalue weighted by atomic mass is 10.2. The van der Waals surface area contributed by atoms with Gasteiger partial charge in [-0.2, -0.15) is 0 Å². The largest absolute Gasteiger partial charge is 0.349 e. The number of hydrogen-bond donors (Lipinski definition) is 1. The second-order valence-electron chi connectivity index (χ2n) is 3.43. The second-order valence-corrected chi connectivity index (χ2v) is 4.63. The Labute approximate surface area is 88.6 Å². The molecule has 1 aromatic heterocycles. The Hall–Kier alpha value is -0.900. The van der Waals surface area contributed by atoms with E-state index in [1.54, 1.807) is 0 Å². The predicted octanol–water partition coefficient (Wildman–Crippen LogP) is 2.29. The maximum atomic E-state index is 11.7. The molecule has 0 spiro atoms. The number of amides is 1. The molecule has 0 saturated heterocycles. The van der Waals surface area contributed by atoms with E-state index in [4.69, 9.17) is 0 Å². The fourth-order valence-electron chi connectivity index (χ4n) is 1.13. The molecule has 78 valence electrons. The summed E-state index contributed by atoms with van der Waals surface area (Å²) in [5.41, 5.74) is 0.827. The van der Waals surface area contributed by atoms with Crippen LogP contribution in [0.15, 0.2) is 0 Å². The first-order valence-corrected chi connectivity index (χ1v) is 5.61. The minimum atomic E-state index is 0.00227. The summed E-state index contributed by atoms with van der Waals surface area (Å²) in [6, 6.07) is 0.226. The minimum Gasteiger partial charge on any atom is -0.349 e. The molecule has 1 heterocycles. The van der Waals surface area contributed by atoms with Crippen LogP contribution >= 0.6 is 11.3 Å². The van der Waals surface area contributed by atoms with Gasteiger partial charge >= 0.3 is 0 Å². The van der Waals surface area contributed by atoms with Crippen molar-refractivity contribution in [3.8, 4) is 0 Å². The number of carbonyl (C=O) groups is 1. The monoisotopic (exact) mass is 212 g/mol. The maximum absolute atomic E-state index is 11.7. The third-order valence-electron chi connectivity index (χ3n) is 2.10. The van der Waals surface area contributed by atoms with Gasteiger partial charge in [0.25, 0.3) is 5.91 Å². The Bertz CT molecular complexity index is 333. The normalized spacial score (nSPS) is 12.6. The van der Waals surface area contributed by atoms with Gasteiger partial charge in [0, 0.05) is 6.04 Å². The molecule has 1 N–H and O–H groups in total. The maximum Gasteiger partial charge on any atom is 0.263 e. The van der Waals surface area contributed by atoms with Gasteiger partial charge in [0.15, 0.2) is 0 Å². The highest BCUT2D eigenvalue weighted by Gasteiger charge is 2.14. The molecule has 0 bridgehead atoms. The van der Waals surface area contributed by atoms with Crippen LogP contribution < -0.4 is 5.32 Å². The molecule has 3 nitrogen and oxygen atoms in total. The summed E-state index contributed by atoms with van der Waals surface area (Å²) in [4.78, 5) is 16.7. The van der Waals surface area contributed by atoms with Crippen molar-refractivity contribution in [2.24, 2.45) is 0 Å². The molecule has 4 heteroatoms. The zero-order chi connectivity index (χ0) is 10.7. The average Bonchev–Trinajstić information content (AvgIpc) is 2.45. The van der Waals surface area contributed by atoms with Gasteiger partial charge < -0.3 is 5.32 Å². The zero-order valence-corrected chi connectivity index (χ0v) is 9.86. The van der Waals surface area contributed by atoms with E-state index in [9.17, 15) is 4.79 Å². The SMILES string of the molecule is CC[C@H](C)NC(=O)c1sc(C)nc1C. The van der Waals surface area contributed by atoms with Crippen molar-refractivity contribution in [1.82, 2.24) is 10.3 Å². The van der Waals surface area contributed by atoms with Gasteiger partial charge in [0.05, 0.1) is 10.7 Å². The van der Waals surface area contributed by atoms with E-state index >= 15 is 0 Å². The van der Waals surface area contributed by atoms with Gasteiger partial charge in [-0.15, -0.1) is 11.3 Å². The van der Waals surface area contributed by atoms with E-state index < -0.39 is 0 Å². The Morgan fingerprint density at radius 3 is 2.64 bits per heavy atom. The highest BCUT2D eigenvalue weighted by atomic mass is 32.1. The first-order chi connectivity index (χ1) is 6.54. The molecular formula is C10H16N2OS. The van der Waals surface area contributed by atoms with E-state index in [2.05, 4.69) is 17.2 Å². The van der Waals surface area contributed by atoms with Gasteiger partial charge in [-0.05, 0) is 27.2 Å². The van der Waals surface area contributed by atoms with E-state index in [1.807, 2.05) is 20.8 Å². The number of thiazole rings is 1. The summed E-state index contributed by atoms with van der Waals surface area (Å²) < 4.78 is 0. The van der Waals surface area contributed by atoms with Crippen LogP contribution in [-0.4, -0.2) is 16.9 Å². The van der Waals surface area contributed by atoms with Crippen LogP contribution in [0.4, 0.5) is 0 Å². The number of nitrogens with one attached hydrogen (secondary N) is 1. The van der Waals surface area contributed by atoms with Gasteiger partial charge in [-0.25, -0.2) is 4.98 Å². The summed E-state index contributed by atoms with van der Waals surface area (Å²) >= 11 is 1.45. The first kappa shape index (κ1) is 11.2. The molecule has 1 amide bonds. The van der Waals surface area contributed by atoms with Crippen molar-refractivity contribution >= 4 is 17.2 Å². The fourth-order valence-corrected chi connectivity index (χ4v) is 1.96. The third kappa shape index (κ3) is 2.54. The van der Waals surface area contributed by atoms with E-state index in [0.29, 0.717) is 0 Å². The molecule has 0 aliphatic heterocycles. The smallest absolute Gasteiger partial charge is 0.263 e. The zero-order valence-electron chi connectivity index (χ0n) is 9.05. The topological polar surface area (TPSA) is 42.0 Å². The van der Waals surface area contributed by atoms with Crippen LogP contribution in [0.3, 0.4) is 0 Å². The summed E-state index contributed by atoms with van der Waals surface area (Å²) in [6.07, 6.45) is 0.947. The summed E-state index contributed by atoms with van der Waals surface area (Å²) in [7, 11) is 0. The van der Waals surface area contributed by atoms with Crippen LogP contribution in [0.25, 0.3) is 0 Å². The lowest BCUT2D eigenvalue weighted by Crippen LogP contribution is -2.31. The van der Waals surface area contributed by atoms with Crippen LogP contribution in [0.1, 0.15) is 40.6 Å². The van der Waals surface area contributed by atoms with Crippen molar-refractivity contribution in [2.45, 2.75) is 40.2 Å². The Kier molecular flexibility index (Phi) is 3.63. The average molecular weight is 212 g/mol. The van der Waals surface area contributed by atoms with Crippen molar-refractivity contribution in [3.05, 3.63) is 15.6 Å². The Balaban J connectivity index is 2.74. The first-order valence-electron chi connectivity index (χ1n) is 4.79. The standard InChI is InChI=1S/C10H16N2OS/c1-5-6(2)11-10(13)9-7(3)12-8(4)14-9/h6H,5H2,1-4H3,(H,11,13)/t6-/m0/s1. The molecule has 0 fully saturated rings. The van der Waals surface area contributed by atoms with Crippen molar-refractivity contribution in [1.29, 1.82) is 0 Å². The molecule has 1 rings (SSSR count). The van der Waals surface area contributed by atoms with Crippen LogP contribution in [0.2, 0.25) is 0 Å². The molecule has 1 aromatic rings. The summed E-state index contributed by atoms with van der Waals surface area (Å²) in [5.74, 6) is 0.00227. The Morgan fingerprint density at radius 1 is 1.57 bits per heavy atom. The minimum absolute atomic E-state index is 0.00227. The van der Waals surface area contributed by atoms with Gasteiger partial charge in [-0.3, -0.25) is 4.79 Å². The molecule has 0 radical (unpaired) electrons. The number of rotatable bonds is 3. The quantitative estimate of drug-likeness (QED) is 0.835. The lowest BCUT2D eigenvalue weighted by molar-refractivity contribution is 0.0942. The summed E-state index contributed by atoms with van der Waals surface area (Å²) in [6.45, 7) is 7.84. The third-order valence-corrected chi connectivity index (χ3v) is 3.17. The molecule has 0 saturated carbocycles. The lowest BCUT2D eigenvalue weighted by Gasteiger charge is -2.09. The Morgan fingerprint density at radius 2 is 2.21 bits per heavy atom. The second kappa shape index (κ2) is 4.55. The van der Waals surface area contributed by atoms with Crippen molar-refractivity contribution in [2.75, 3.05) is 0 Å². The van der Waals surface area contributed by atoms with E-state index in [0.717, 1.165) is 22.0 Å². The van der Waals surface area contributed by atoms with Crippen LogP contribution in [-0.2, 0) is 0 Å². The predicted molar refractivity (Wildman–Crippen MR) is 58.8 cm³/mol. The molecule has 14 heavy (non-hydrogen) atoms. The van der Waals surface area contributed by atoms with Crippen LogP contribution in [0, 0.1) is 13.8 Å². The molecule has 0 unspecified atom stereocenters. The van der Waals surface area contributed by atoms with Gasteiger partial charge in [-0.1, -0.05) is 6.92 Å². The molecule has 0 aliphatic rings. The highest BCUT2D eigenvalue weighted by molar-refractivity contribution is 7.13. The fraction of sp³-hybridized carbons (Fsp3) is 0.600. The highest BCUT2D eigenvalue weighted by Crippen LogP contribution is 2.16. The summed E-state index contributed by atoms with van der Waals surface area (Å²) in [5, 5.41) is 3.87.